The molecule has 1 atom stereocenters. The number of hydrogen-bond donors (Lipinski definition) is 1. The van der Waals surface area contributed by atoms with E-state index in [1.807, 2.05) is 0 Å². The molecule has 0 aliphatic heterocycles. The van der Waals surface area contributed by atoms with Crippen LogP contribution in [0.4, 0.5) is 13.2 Å². The molecule has 1 heterocycles. The van der Waals surface area contributed by atoms with Crippen molar-refractivity contribution < 1.29 is 17.9 Å². The van der Waals surface area contributed by atoms with E-state index in [0.29, 0.717) is 24.2 Å². The second-order valence-corrected chi connectivity index (χ2v) is 4.96. The highest BCUT2D eigenvalue weighted by Crippen LogP contribution is 2.27. The molecular formula is C13H13F3N2OS. The molecule has 1 aromatic carbocycles. The molecule has 3 nitrogen and oxygen atoms in total. The Morgan fingerprint density at radius 2 is 2.00 bits per heavy atom. The first-order valence-electron chi connectivity index (χ1n) is 5.89. The molecule has 0 amide bonds. The largest absolute Gasteiger partial charge is 0.383 e. The molecule has 0 bridgehead atoms. The molecule has 0 aliphatic carbocycles. The van der Waals surface area contributed by atoms with Gasteiger partial charge in [-0.05, 0) is 6.07 Å². The van der Waals surface area contributed by atoms with E-state index in [1.165, 1.54) is 18.4 Å². The molecule has 0 saturated heterocycles. The van der Waals surface area contributed by atoms with E-state index < -0.39 is 23.5 Å². The summed E-state index contributed by atoms with van der Waals surface area (Å²) in [5.74, 6) is -3.11. The van der Waals surface area contributed by atoms with Crippen molar-refractivity contribution in [2.45, 2.75) is 6.04 Å². The van der Waals surface area contributed by atoms with Crippen LogP contribution in [-0.2, 0) is 4.74 Å². The lowest BCUT2D eigenvalue weighted by molar-refractivity contribution is 0.197. The van der Waals surface area contributed by atoms with Crippen molar-refractivity contribution in [1.82, 2.24) is 10.3 Å². The summed E-state index contributed by atoms with van der Waals surface area (Å²) in [5.41, 5.74) is 0.0231. The van der Waals surface area contributed by atoms with E-state index >= 15 is 0 Å². The van der Waals surface area contributed by atoms with Crippen molar-refractivity contribution in [3.05, 3.63) is 51.7 Å². The van der Waals surface area contributed by atoms with Gasteiger partial charge in [-0.3, -0.25) is 0 Å². The zero-order chi connectivity index (χ0) is 14.5. The van der Waals surface area contributed by atoms with Crippen LogP contribution < -0.4 is 5.32 Å². The molecule has 20 heavy (non-hydrogen) atoms. The van der Waals surface area contributed by atoms with Crippen molar-refractivity contribution >= 4 is 11.3 Å². The van der Waals surface area contributed by atoms with Gasteiger partial charge < -0.3 is 10.1 Å². The summed E-state index contributed by atoms with van der Waals surface area (Å²) < 4.78 is 45.1. The highest BCUT2D eigenvalue weighted by molar-refractivity contribution is 7.09. The molecule has 0 radical (unpaired) electrons. The summed E-state index contributed by atoms with van der Waals surface area (Å²) in [7, 11) is 1.54. The van der Waals surface area contributed by atoms with Gasteiger partial charge in [-0.1, -0.05) is 0 Å². The number of benzene rings is 1. The number of nitrogens with one attached hydrogen (secondary N) is 1. The van der Waals surface area contributed by atoms with Gasteiger partial charge in [-0.25, -0.2) is 18.2 Å². The van der Waals surface area contributed by atoms with Crippen LogP contribution in [0.25, 0.3) is 0 Å². The number of nitrogens with zero attached hydrogens (tertiary/aromatic N) is 1. The molecule has 1 unspecified atom stereocenters. The number of methoxy groups -OCH3 is 1. The maximum Gasteiger partial charge on any atom is 0.161 e. The van der Waals surface area contributed by atoms with Crippen molar-refractivity contribution in [3.63, 3.8) is 0 Å². The van der Waals surface area contributed by atoms with Gasteiger partial charge in [0.15, 0.2) is 11.6 Å². The maximum absolute atomic E-state index is 13.9. The second kappa shape index (κ2) is 6.83. The van der Waals surface area contributed by atoms with Crippen molar-refractivity contribution in [1.29, 1.82) is 0 Å². The Morgan fingerprint density at radius 3 is 2.65 bits per heavy atom. The van der Waals surface area contributed by atoms with Crippen LogP contribution >= 0.6 is 11.3 Å². The predicted octanol–water partition coefficient (Wildman–Crippen LogP) is 2.89. The summed E-state index contributed by atoms with van der Waals surface area (Å²) in [4.78, 5) is 4.10. The number of rotatable bonds is 6. The van der Waals surface area contributed by atoms with Gasteiger partial charge in [0.1, 0.15) is 10.8 Å². The van der Waals surface area contributed by atoms with E-state index in [9.17, 15) is 13.2 Å². The van der Waals surface area contributed by atoms with E-state index in [2.05, 4.69) is 10.3 Å². The summed E-state index contributed by atoms with van der Waals surface area (Å²) in [5, 5.41) is 5.33. The molecule has 1 N–H and O–H groups in total. The topological polar surface area (TPSA) is 34.1 Å². The highest BCUT2D eigenvalue weighted by atomic mass is 32.1. The lowest BCUT2D eigenvalue weighted by Gasteiger charge is -2.17. The standard InChI is InChI=1S/C13H13F3N2OS/c1-19-4-2-17-12(13-18-3-5-20-13)8-6-10(15)11(16)7-9(8)14/h3,5-7,12,17H,2,4H2,1H3. The fourth-order valence-electron chi connectivity index (χ4n) is 1.77. The molecule has 7 heteroatoms. The highest BCUT2D eigenvalue weighted by Gasteiger charge is 2.22. The Hall–Kier alpha value is -1.44. The summed E-state index contributed by atoms with van der Waals surface area (Å²) >= 11 is 1.31. The summed E-state index contributed by atoms with van der Waals surface area (Å²) in [6, 6.07) is 0.764. The number of thiazole rings is 1. The second-order valence-electron chi connectivity index (χ2n) is 4.04. The first-order chi connectivity index (χ1) is 9.63. The average molecular weight is 302 g/mol. The fraction of sp³-hybridized carbons (Fsp3) is 0.308. The van der Waals surface area contributed by atoms with Crippen LogP contribution in [0.5, 0.6) is 0 Å². The first kappa shape index (κ1) is 15.0. The van der Waals surface area contributed by atoms with Crippen molar-refractivity contribution in [3.8, 4) is 0 Å². The fourth-order valence-corrected chi connectivity index (χ4v) is 2.50. The Balaban J connectivity index is 2.33. The number of halogens is 3. The normalized spacial score (nSPS) is 12.6. The molecule has 2 aromatic rings. The van der Waals surface area contributed by atoms with Crippen LogP contribution in [0.15, 0.2) is 23.7 Å². The zero-order valence-corrected chi connectivity index (χ0v) is 11.5. The van der Waals surface area contributed by atoms with Gasteiger partial charge >= 0.3 is 0 Å². The SMILES string of the molecule is COCCNC(c1nccs1)c1cc(F)c(F)cc1F. The first-order valence-corrected chi connectivity index (χ1v) is 6.77. The third-order valence-corrected chi connectivity index (χ3v) is 3.54. The molecule has 1 aromatic heterocycles. The number of ether oxygens (including phenoxy) is 1. The van der Waals surface area contributed by atoms with E-state index in [1.54, 1.807) is 11.6 Å². The van der Waals surface area contributed by atoms with Gasteiger partial charge in [-0.2, -0.15) is 0 Å². The Bertz CT molecular complexity index is 563. The van der Waals surface area contributed by atoms with E-state index in [0.717, 1.165) is 6.07 Å². The molecule has 0 saturated carbocycles. The predicted molar refractivity (Wildman–Crippen MR) is 70.2 cm³/mol. The Kier molecular flexibility index (Phi) is 5.11. The van der Waals surface area contributed by atoms with Crippen molar-refractivity contribution in [2.24, 2.45) is 0 Å². The zero-order valence-electron chi connectivity index (χ0n) is 10.7. The third kappa shape index (κ3) is 3.36. The van der Waals surface area contributed by atoms with Crippen LogP contribution in [0.2, 0.25) is 0 Å². The quantitative estimate of drug-likeness (QED) is 0.658. The average Bonchev–Trinajstić information content (AvgIpc) is 2.93. The Labute approximate surface area is 118 Å². The molecule has 2 rings (SSSR count). The molecule has 0 aliphatic rings. The van der Waals surface area contributed by atoms with Gasteiger partial charge in [0.25, 0.3) is 0 Å². The van der Waals surface area contributed by atoms with Gasteiger partial charge in [0.2, 0.25) is 0 Å². The molecule has 108 valence electrons. The Morgan fingerprint density at radius 1 is 1.25 bits per heavy atom. The van der Waals surface area contributed by atoms with Crippen LogP contribution in [0, 0.1) is 17.5 Å². The van der Waals surface area contributed by atoms with Crippen molar-refractivity contribution in [2.75, 3.05) is 20.3 Å². The van der Waals surface area contributed by atoms with E-state index in [-0.39, 0.29) is 5.56 Å². The van der Waals surface area contributed by atoms with Gasteiger partial charge in [0.05, 0.1) is 12.6 Å². The number of aromatic nitrogens is 1. The minimum absolute atomic E-state index is 0.0231. The van der Waals surface area contributed by atoms with Gasteiger partial charge in [0, 0.05) is 36.9 Å². The van der Waals surface area contributed by atoms with Crippen LogP contribution in [0.3, 0.4) is 0 Å². The van der Waals surface area contributed by atoms with Gasteiger partial charge in [-0.15, -0.1) is 11.3 Å². The van der Waals surface area contributed by atoms with E-state index in [4.69, 9.17) is 4.74 Å². The lowest BCUT2D eigenvalue weighted by atomic mass is 10.1. The monoisotopic (exact) mass is 302 g/mol. The maximum atomic E-state index is 13.9. The lowest BCUT2D eigenvalue weighted by Crippen LogP contribution is -2.27. The summed E-state index contributed by atoms with van der Waals surface area (Å²) in [6.45, 7) is 0.840. The van der Waals surface area contributed by atoms with Crippen LogP contribution in [-0.4, -0.2) is 25.2 Å². The summed E-state index contributed by atoms with van der Waals surface area (Å²) in [6.07, 6.45) is 1.57. The number of hydrogen-bond acceptors (Lipinski definition) is 4. The van der Waals surface area contributed by atoms with Crippen LogP contribution in [0.1, 0.15) is 16.6 Å². The molecular weight excluding hydrogens is 289 g/mol. The third-order valence-electron chi connectivity index (χ3n) is 2.70. The molecule has 0 spiro atoms. The minimum Gasteiger partial charge on any atom is -0.383 e. The smallest absolute Gasteiger partial charge is 0.161 e. The minimum atomic E-state index is -1.21. The molecule has 0 fully saturated rings.